The summed E-state index contributed by atoms with van der Waals surface area (Å²) < 4.78 is 0. The number of nitrogens with zero attached hydrogens (tertiary/aromatic N) is 2. The number of hydrogen-bond donors (Lipinski definition) is 1. The van der Waals surface area contributed by atoms with Gasteiger partial charge >= 0.3 is 5.97 Å². The monoisotopic (exact) mass is 268 g/mol. The number of aromatic nitrogens is 1. The minimum atomic E-state index is -0.896. The van der Waals surface area contributed by atoms with Crippen LogP contribution in [0.2, 0.25) is 0 Å². The number of hydrogen-bond acceptors (Lipinski definition) is 4. The lowest BCUT2D eigenvalue weighted by atomic mass is 10.2. The van der Waals surface area contributed by atoms with Crippen molar-refractivity contribution in [3.05, 3.63) is 30.1 Å². The van der Waals surface area contributed by atoms with Gasteiger partial charge < -0.3 is 10.0 Å². The standard InChI is InChI=1S/C12H16N2O3S/c1-14(11(15)8-18-9-12(16)17)7-4-10-2-5-13-6-3-10/h2-3,5-6H,4,7-9H2,1H3,(H,16,17). The number of pyridine rings is 1. The van der Waals surface area contributed by atoms with Crippen molar-refractivity contribution in [3.8, 4) is 0 Å². The van der Waals surface area contributed by atoms with E-state index in [4.69, 9.17) is 5.11 Å². The van der Waals surface area contributed by atoms with E-state index in [0.717, 1.165) is 23.7 Å². The first-order chi connectivity index (χ1) is 8.59. The molecule has 0 aliphatic rings. The van der Waals surface area contributed by atoms with Crippen LogP contribution in [0.25, 0.3) is 0 Å². The fourth-order valence-corrected chi connectivity index (χ4v) is 1.98. The molecule has 0 spiro atoms. The minimum absolute atomic E-state index is 0.0378. The highest BCUT2D eigenvalue weighted by atomic mass is 32.2. The molecule has 0 radical (unpaired) electrons. The molecular formula is C12H16N2O3S. The molecule has 1 heterocycles. The van der Waals surface area contributed by atoms with Gasteiger partial charge in [0.1, 0.15) is 0 Å². The highest BCUT2D eigenvalue weighted by molar-refractivity contribution is 8.00. The fourth-order valence-electron chi connectivity index (χ4n) is 1.31. The molecule has 1 aromatic heterocycles. The average Bonchev–Trinajstić information content (AvgIpc) is 2.36. The SMILES string of the molecule is CN(CCc1ccncc1)C(=O)CSCC(=O)O. The zero-order chi connectivity index (χ0) is 13.4. The third-order valence-corrected chi connectivity index (χ3v) is 3.26. The van der Waals surface area contributed by atoms with Gasteiger partial charge in [-0.1, -0.05) is 0 Å². The molecule has 6 heteroatoms. The Morgan fingerprint density at radius 2 is 2.00 bits per heavy atom. The summed E-state index contributed by atoms with van der Waals surface area (Å²) in [4.78, 5) is 27.5. The van der Waals surface area contributed by atoms with Crippen molar-refractivity contribution in [2.24, 2.45) is 0 Å². The van der Waals surface area contributed by atoms with Crippen LogP contribution in [-0.2, 0) is 16.0 Å². The maximum absolute atomic E-state index is 11.6. The second kappa shape index (κ2) is 7.71. The predicted octanol–water partition coefficient (Wildman–Crippen LogP) is 0.900. The molecule has 5 nitrogen and oxygen atoms in total. The van der Waals surface area contributed by atoms with Crippen molar-refractivity contribution in [3.63, 3.8) is 0 Å². The summed E-state index contributed by atoms with van der Waals surface area (Å²) in [5.74, 6) is -0.772. The Balaban J connectivity index is 2.25. The molecule has 0 saturated carbocycles. The summed E-state index contributed by atoms with van der Waals surface area (Å²) in [6.45, 7) is 0.622. The highest BCUT2D eigenvalue weighted by Crippen LogP contribution is 2.03. The van der Waals surface area contributed by atoms with E-state index in [2.05, 4.69) is 4.98 Å². The lowest BCUT2D eigenvalue weighted by molar-refractivity contribution is -0.133. The van der Waals surface area contributed by atoms with Crippen LogP contribution in [0.5, 0.6) is 0 Å². The fraction of sp³-hybridized carbons (Fsp3) is 0.417. The first kappa shape index (κ1) is 14.5. The van der Waals surface area contributed by atoms with Crippen LogP contribution in [0.4, 0.5) is 0 Å². The Bertz CT molecular complexity index is 398. The molecule has 0 saturated heterocycles. The van der Waals surface area contributed by atoms with Gasteiger partial charge in [-0.2, -0.15) is 0 Å². The first-order valence-electron chi connectivity index (χ1n) is 5.52. The molecule has 0 aromatic carbocycles. The van der Waals surface area contributed by atoms with Gasteiger partial charge in [-0.05, 0) is 24.1 Å². The summed E-state index contributed by atoms with van der Waals surface area (Å²) in [5, 5.41) is 8.47. The number of thioether (sulfide) groups is 1. The van der Waals surface area contributed by atoms with E-state index in [1.54, 1.807) is 24.3 Å². The number of amides is 1. The average molecular weight is 268 g/mol. The van der Waals surface area contributed by atoms with E-state index in [1.165, 1.54) is 0 Å². The third kappa shape index (κ3) is 5.67. The molecular weight excluding hydrogens is 252 g/mol. The van der Waals surface area contributed by atoms with Gasteiger partial charge in [0.15, 0.2) is 0 Å². The summed E-state index contributed by atoms with van der Waals surface area (Å²) in [7, 11) is 1.73. The van der Waals surface area contributed by atoms with Crippen molar-refractivity contribution in [2.75, 3.05) is 25.1 Å². The number of aliphatic carboxylic acids is 1. The van der Waals surface area contributed by atoms with E-state index >= 15 is 0 Å². The van der Waals surface area contributed by atoms with Gasteiger partial charge in [0.25, 0.3) is 0 Å². The lowest BCUT2D eigenvalue weighted by Crippen LogP contribution is -2.30. The molecule has 1 rings (SSSR count). The molecule has 18 heavy (non-hydrogen) atoms. The summed E-state index contributed by atoms with van der Waals surface area (Å²) in [5.41, 5.74) is 1.13. The number of carbonyl (C=O) groups excluding carboxylic acids is 1. The van der Waals surface area contributed by atoms with Crippen LogP contribution in [-0.4, -0.2) is 52.0 Å². The third-order valence-electron chi connectivity index (χ3n) is 2.36. The zero-order valence-corrected chi connectivity index (χ0v) is 11.0. The maximum atomic E-state index is 11.6. The molecule has 0 atom stereocenters. The number of carbonyl (C=O) groups is 2. The van der Waals surface area contributed by atoms with Gasteiger partial charge in [0, 0.05) is 26.0 Å². The molecule has 0 aliphatic carbocycles. The van der Waals surface area contributed by atoms with Gasteiger partial charge in [-0.3, -0.25) is 14.6 Å². The van der Waals surface area contributed by atoms with Crippen molar-refractivity contribution >= 4 is 23.6 Å². The number of rotatable bonds is 7. The van der Waals surface area contributed by atoms with Crippen molar-refractivity contribution < 1.29 is 14.7 Å². The van der Waals surface area contributed by atoms with Crippen molar-refractivity contribution in [1.82, 2.24) is 9.88 Å². The minimum Gasteiger partial charge on any atom is -0.481 e. The molecule has 1 amide bonds. The summed E-state index contributed by atoms with van der Waals surface area (Å²) in [6.07, 6.45) is 4.22. The van der Waals surface area contributed by atoms with E-state index in [1.807, 2.05) is 12.1 Å². The van der Waals surface area contributed by atoms with E-state index in [0.29, 0.717) is 6.54 Å². The van der Waals surface area contributed by atoms with Crippen LogP contribution in [0.1, 0.15) is 5.56 Å². The van der Waals surface area contributed by atoms with Gasteiger partial charge in [0.05, 0.1) is 11.5 Å². The number of carboxylic acids is 1. The topological polar surface area (TPSA) is 70.5 Å². The smallest absolute Gasteiger partial charge is 0.313 e. The number of carboxylic acid groups (broad SMARTS) is 1. The van der Waals surface area contributed by atoms with Gasteiger partial charge in [0.2, 0.25) is 5.91 Å². The molecule has 1 aromatic rings. The largest absolute Gasteiger partial charge is 0.481 e. The van der Waals surface area contributed by atoms with Crippen LogP contribution in [0.15, 0.2) is 24.5 Å². The molecule has 0 aliphatic heterocycles. The predicted molar refractivity (Wildman–Crippen MR) is 70.5 cm³/mol. The second-order valence-electron chi connectivity index (χ2n) is 3.81. The Morgan fingerprint density at radius 1 is 1.33 bits per heavy atom. The highest BCUT2D eigenvalue weighted by Gasteiger charge is 2.09. The molecule has 0 unspecified atom stereocenters. The van der Waals surface area contributed by atoms with Crippen molar-refractivity contribution in [2.45, 2.75) is 6.42 Å². The van der Waals surface area contributed by atoms with E-state index < -0.39 is 5.97 Å². The summed E-state index contributed by atoms with van der Waals surface area (Å²) in [6, 6.07) is 3.83. The van der Waals surface area contributed by atoms with E-state index in [-0.39, 0.29) is 17.4 Å². The van der Waals surface area contributed by atoms with Crippen molar-refractivity contribution in [1.29, 1.82) is 0 Å². The Labute approximate surface area is 110 Å². The zero-order valence-electron chi connectivity index (χ0n) is 10.2. The Hall–Kier alpha value is -1.56. The summed E-state index contributed by atoms with van der Waals surface area (Å²) >= 11 is 1.12. The first-order valence-corrected chi connectivity index (χ1v) is 6.67. The lowest BCUT2D eigenvalue weighted by Gasteiger charge is -2.16. The second-order valence-corrected chi connectivity index (χ2v) is 4.79. The maximum Gasteiger partial charge on any atom is 0.313 e. The molecule has 0 bridgehead atoms. The quantitative estimate of drug-likeness (QED) is 0.795. The molecule has 1 N–H and O–H groups in total. The van der Waals surface area contributed by atoms with Crippen LogP contribution < -0.4 is 0 Å². The van der Waals surface area contributed by atoms with Crippen LogP contribution in [0, 0.1) is 0 Å². The Kier molecular flexibility index (Phi) is 6.21. The van der Waals surface area contributed by atoms with Crippen LogP contribution >= 0.6 is 11.8 Å². The van der Waals surface area contributed by atoms with Crippen LogP contribution in [0.3, 0.4) is 0 Å². The molecule has 98 valence electrons. The number of likely N-dealkylation sites (N-methyl/N-ethyl adjacent to an activating group) is 1. The van der Waals surface area contributed by atoms with Gasteiger partial charge in [-0.15, -0.1) is 11.8 Å². The normalized spacial score (nSPS) is 10.1. The molecule has 0 fully saturated rings. The Morgan fingerprint density at radius 3 is 2.61 bits per heavy atom. The van der Waals surface area contributed by atoms with Gasteiger partial charge in [-0.25, -0.2) is 0 Å². The van der Waals surface area contributed by atoms with E-state index in [9.17, 15) is 9.59 Å².